The molecule has 146 valence electrons. The fourth-order valence-corrected chi connectivity index (χ4v) is 3.75. The molecule has 0 aliphatic carbocycles. The molecule has 6 nitrogen and oxygen atoms in total. The SMILES string of the molecule is O=C(Nc1ccccc1N1CCOCC1)c1cccc(C(=O)N2CCCC2)c1. The van der Waals surface area contributed by atoms with Crippen molar-refractivity contribution >= 4 is 23.2 Å². The van der Waals surface area contributed by atoms with Crippen LogP contribution in [0.4, 0.5) is 11.4 Å². The average Bonchev–Trinajstić information content (AvgIpc) is 3.29. The molecule has 0 radical (unpaired) electrons. The summed E-state index contributed by atoms with van der Waals surface area (Å²) in [4.78, 5) is 29.5. The third-order valence-corrected chi connectivity index (χ3v) is 5.27. The minimum Gasteiger partial charge on any atom is -0.378 e. The number of nitrogens with one attached hydrogen (secondary N) is 1. The molecule has 2 aromatic rings. The second-order valence-electron chi connectivity index (χ2n) is 7.15. The molecule has 28 heavy (non-hydrogen) atoms. The average molecular weight is 379 g/mol. The molecule has 0 unspecified atom stereocenters. The Kier molecular flexibility index (Phi) is 5.58. The van der Waals surface area contributed by atoms with Crippen molar-refractivity contribution in [2.24, 2.45) is 0 Å². The second kappa shape index (κ2) is 8.44. The fraction of sp³-hybridized carbons (Fsp3) is 0.364. The zero-order valence-electron chi connectivity index (χ0n) is 15.9. The highest BCUT2D eigenvalue weighted by Crippen LogP contribution is 2.27. The molecule has 2 aliphatic heterocycles. The maximum atomic E-state index is 12.9. The lowest BCUT2D eigenvalue weighted by Crippen LogP contribution is -2.36. The number of para-hydroxylation sites is 2. The van der Waals surface area contributed by atoms with Gasteiger partial charge in [0.25, 0.3) is 11.8 Å². The van der Waals surface area contributed by atoms with Gasteiger partial charge in [0.2, 0.25) is 0 Å². The van der Waals surface area contributed by atoms with E-state index in [0.29, 0.717) is 24.3 Å². The van der Waals surface area contributed by atoms with Crippen molar-refractivity contribution in [1.29, 1.82) is 0 Å². The number of morpholine rings is 1. The lowest BCUT2D eigenvalue weighted by Gasteiger charge is -2.30. The van der Waals surface area contributed by atoms with Gasteiger partial charge in [-0.05, 0) is 43.2 Å². The van der Waals surface area contributed by atoms with Crippen molar-refractivity contribution in [3.8, 4) is 0 Å². The Balaban J connectivity index is 1.51. The predicted octanol–water partition coefficient (Wildman–Crippen LogP) is 3.01. The number of likely N-dealkylation sites (tertiary alicyclic amines) is 1. The Labute approximate surface area is 165 Å². The van der Waals surface area contributed by atoms with Crippen LogP contribution in [0.5, 0.6) is 0 Å². The zero-order valence-corrected chi connectivity index (χ0v) is 15.9. The van der Waals surface area contributed by atoms with Crippen molar-refractivity contribution in [3.63, 3.8) is 0 Å². The second-order valence-corrected chi connectivity index (χ2v) is 7.15. The van der Waals surface area contributed by atoms with E-state index in [1.165, 1.54) is 0 Å². The summed E-state index contributed by atoms with van der Waals surface area (Å²) in [6, 6.07) is 14.8. The first-order chi connectivity index (χ1) is 13.7. The number of hydrogen-bond donors (Lipinski definition) is 1. The largest absolute Gasteiger partial charge is 0.378 e. The minimum absolute atomic E-state index is 0.000803. The van der Waals surface area contributed by atoms with Gasteiger partial charge in [0.05, 0.1) is 24.6 Å². The number of ether oxygens (including phenoxy) is 1. The van der Waals surface area contributed by atoms with Crippen molar-refractivity contribution in [2.75, 3.05) is 49.6 Å². The molecule has 1 N–H and O–H groups in total. The number of nitrogens with zero attached hydrogens (tertiary/aromatic N) is 2. The summed E-state index contributed by atoms with van der Waals surface area (Å²) in [6.07, 6.45) is 2.09. The van der Waals surface area contributed by atoms with Crippen LogP contribution in [0.1, 0.15) is 33.6 Å². The van der Waals surface area contributed by atoms with Crippen LogP contribution < -0.4 is 10.2 Å². The Morgan fingerprint density at radius 3 is 2.36 bits per heavy atom. The molecule has 0 bridgehead atoms. The van der Waals surface area contributed by atoms with Crippen LogP contribution in [-0.2, 0) is 4.74 Å². The number of anilines is 2. The highest BCUT2D eigenvalue weighted by atomic mass is 16.5. The lowest BCUT2D eigenvalue weighted by atomic mass is 10.1. The van der Waals surface area contributed by atoms with Crippen molar-refractivity contribution < 1.29 is 14.3 Å². The number of hydrogen-bond acceptors (Lipinski definition) is 4. The zero-order chi connectivity index (χ0) is 19.3. The summed E-state index contributed by atoms with van der Waals surface area (Å²) in [7, 11) is 0. The molecule has 0 saturated carbocycles. The molecule has 2 fully saturated rings. The normalized spacial score (nSPS) is 16.9. The van der Waals surface area contributed by atoms with E-state index in [0.717, 1.165) is 50.4 Å². The van der Waals surface area contributed by atoms with Gasteiger partial charge < -0.3 is 19.9 Å². The van der Waals surface area contributed by atoms with Crippen molar-refractivity contribution in [2.45, 2.75) is 12.8 Å². The molecule has 0 spiro atoms. The van der Waals surface area contributed by atoms with Gasteiger partial charge in [0, 0.05) is 37.3 Å². The lowest BCUT2D eigenvalue weighted by molar-refractivity contribution is 0.0793. The molecule has 2 heterocycles. The third kappa shape index (κ3) is 4.02. The van der Waals surface area contributed by atoms with E-state index < -0.39 is 0 Å². The summed E-state index contributed by atoms with van der Waals surface area (Å²) < 4.78 is 5.42. The summed E-state index contributed by atoms with van der Waals surface area (Å²) in [5.74, 6) is -0.211. The molecule has 2 amide bonds. The van der Waals surface area contributed by atoms with Crippen LogP contribution in [0.25, 0.3) is 0 Å². The topological polar surface area (TPSA) is 61.9 Å². The molecule has 2 aromatic carbocycles. The first-order valence-corrected chi connectivity index (χ1v) is 9.85. The first kappa shape index (κ1) is 18.5. The van der Waals surface area contributed by atoms with E-state index in [2.05, 4.69) is 10.2 Å². The molecular formula is C22H25N3O3. The number of amides is 2. The smallest absolute Gasteiger partial charge is 0.255 e. The van der Waals surface area contributed by atoms with Crippen LogP contribution in [0, 0.1) is 0 Å². The monoisotopic (exact) mass is 379 g/mol. The Bertz CT molecular complexity index is 856. The Hall–Kier alpha value is -2.86. The highest BCUT2D eigenvalue weighted by Gasteiger charge is 2.21. The predicted molar refractivity (Wildman–Crippen MR) is 109 cm³/mol. The number of benzene rings is 2. The molecule has 4 rings (SSSR count). The Morgan fingerprint density at radius 1 is 0.857 bits per heavy atom. The number of carbonyl (C=O) groups excluding carboxylic acids is 2. The van der Waals surface area contributed by atoms with Crippen LogP contribution >= 0.6 is 0 Å². The summed E-state index contributed by atoms with van der Waals surface area (Å²) in [5, 5.41) is 3.01. The van der Waals surface area contributed by atoms with E-state index in [1.54, 1.807) is 24.3 Å². The van der Waals surface area contributed by atoms with Crippen LogP contribution in [0.2, 0.25) is 0 Å². The maximum absolute atomic E-state index is 12.9. The molecule has 0 aromatic heterocycles. The van der Waals surface area contributed by atoms with Crippen molar-refractivity contribution in [3.05, 3.63) is 59.7 Å². The van der Waals surface area contributed by atoms with E-state index in [4.69, 9.17) is 4.74 Å². The molecule has 2 aliphatic rings. The summed E-state index contributed by atoms with van der Waals surface area (Å²) in [5.41, 5.74) is 2.81. The van der Waals surface area contributed by atoms with Gasteiger partial charge in [-0.2, -0.15) is 0 Å². The van der Waals surface area contributed by atoms with E-state index in [9.17, 15) is 9.59 Å². The molecule has 0 atom stereocenters. The van der Waals surface area contributed by atoms with E-state index in [1.807, 2.05) is 29.2 Å². The van der Waals surface area contributed by atoms with Gasteiger partial charge >= 0.3 is 0 Å². The summed E-state index contributed by atoms with van der Waals surface area (Å²) in [6.45, 7) is 4.55. The third-order valence-electron chi connectivity index (χ3n) is 5.27. The standard InChI is InChI=1S/C22H25N3O3/c26-21(17-6-5-7-18(16-17)22(27)25-10-3-4-11-25)23-19-8-1-2-9-20(19)24-12-14-28-15-13-24/h1-2,5-9,16H,3-4,10-15H2,(H,23,26). The van der Waals surface area contributed by atoms with Gasteiger partial charge in [0.1, 0.15) is 0 Å². The highest BCUT2D eigenvalue weighted by molar-refractivity contribution is 6.07. The minimum atomic E-state index is -0.211. The van der Waals surface area contributed by atoms with Crippen LogP contribution in [-0.4, -0.2) is 56.1 Å². The van der Waals surface area contributed by atoms with Crippen LogP contribution in [0.15, 0.2) is 48.5 Å². The molecule has 2 saturated heterocycles. The summed E-state index contributed by atoms with van der Waals surface area (Å²) >= 11 is 0. The number of rotatable bonds is 4. The number of carbonyl (C=O) groups is 2. The van der Waals surface area contributed by atoms with E-state index >= 15 is 0 Å². The van der Waals surface area contributed by atoms with Gasteiger partial charge in [0.15, 0.2) is 0 Å². The van der Waals surface area contributed by atoms with Gasteiger partial charge in [-0.3, -0.25) is 9.59 Å². The fourth-order valence-electron chi connectivity index (χ4n) is 3.75. The Morgan fingerprint density at radius 2 is 1.57 bits per heavy atom. The van der Waals surface area contributed by atoms with Gasteiger partial charge in [-0.1, -0.05) is 18.2 Å². The van der Waals surface area contributed by atoms with Gasteiger partial charge in [-0.15, -0.1) is 0 Å². The van der Waals surface area contributed by atoms with Crippen molar-refractivity contribution in [1.82, 2.24) is 4.90 Å². The van der Waals surface area contributed by atoms with E-state index in [-0.39, 0.29) is 11.8 Å². The quantitative estimate of drug-likeness (QED) is 0.887. The molecular weight excluding hydrogens is 354 g/mol. The maximum Gasteiger partial charge on any atom is 0.255 e. The van der Waals surface area contributed by atoms with Gasteiger partial charge in [-0.25, -0.2) is 0 Å². The molecule has 6 heteroatoms. The first-order valence-electron chi connectivity index (χ1n) is 9.85. The van der Waals surface area contributed by atoms with Crippen LogP contribution in [0.3, 0.4) is 0 Å².